The Kier molecular flexibility index (Phi) is 2.22. The van der Waals surface area contributed by atoms with Crippen LogP contribution in [-0.4, -0.2) is 25.6 Å². The van der Waals surface area contributed by atoms with Crippen molar-refractivity contribution in [2.75, 3.05) is 0 Å². The molecule has 2 unspecified atom stereocenters. The number of ether oxygens (including phenoxy) is 1. The molecule has 1 aliphatic carbocycles. The summed E-state index contributed by atoms with van der Waals surface area (Å²) in [6, 6.07) is 5.99. The Morgan fingerprint density at radius 2 is 2.35 bits per heavy atom. The molecule has 0 saturated carbocycles. The maximum Gasteiger partial charge on any atom is 0.408 e. The van der Waals surface area contributed by atoms with Gasteiger partial charge in [0.05, 0.1) is 5.54 Å². The topological polar surface area (TPSA) is 38.3 Å². The van der Waals surface area contributed by atoms with Gasteiger partial charge in [0.2, 0.25) is 0 Å². The third-order valence-corrected chi connectivity index (χ3v) is 4.05. The lowest BCUT2D eigenvalue weighted by atomic mass is 9.72. The largest absolute Gasteiger partial charge is 0.444 e. The van der Waals surface area contributed by atoms with E-state index in [2.05, 4.69) is 11.4 Å². The number of fused-ring (bicyclic) bond motifs is 1. The van der Waals surface area contributed by atoms with Crippen LogP contribution in [0.15, 0.2) is 18.2 Å². The molecule has 1 heterocycles. The van der Waals surface area contributed by atoms with Crippen molar-refractivity contribution in [1.29, 1.82) is 0 Å². The molecule has 0 bridgehead atoms. The lowest BCUT2D eigenvalue weighted by Gasteiger charge is -2.36. The van der Waals surface area contributed by atoms with Crippen molar-refractivity contribution in [1.82, 2.24) is 5.32 Å². The molecule has 1 aromatic carbocycles. The quantitative estimate of drug-likeness (QED) is 0.667. The predicted molar refractivity (Wildman–Crippen MR) is 65.7 cm³/mol. The summed E-state index contributed by atoms with van der Waals surface area (Å²) in [5, 5.41) is 2.98. The van der Waals surface area contributed by atoms with E-state index in [1.54, 1.807) is 0 Å². The van der Waals surface area contributed by atoms with E-state index in [0.717, 1.165) is 24.7 Å². The third kappa shape index (κ3) is 1.54. The van der Waals surface area contributed by atoms with Gasteiger partial charge >= 0.3 is 6.09 Å². The smallest absolute Gasteiger partial charge is 0.408 e. The van der Waals surface area contributed by atoms with E-state index >= 15 is 0 Å². The van der Waals surface area contributed by atoms with E-state index in [1.807, 2.05) is 19.1 Å². The molecular formula is C13H14BNO2. The summed E-state index contributed by atoms with van der Waals surface area (Å²) in [4.78, 5) is 11.3. The molecule has 17 heavy (non-hydrogen) atoms. The first-order valence-corrected chi connectivity index (χ1v) is 5.96. The number of amides is 1. The van der Waals surface area contributed by atoms with Gasteiger partial charge in [0.15, 0.2) is 0 Å². The molecule has 2 radical (unpaired) electrons. The molecule has 1 N–H and O–H groups in total. The molecule has 4 heteroatoms. The van der Waals surface area contributed by atoms with Gasteiger partial charge < -0.3 is 10.1 Å². The molecule has 1 fully saturated rings. The molecule has 2 aliphatic rings. The molecule has 1 aliphatic heterocycles. The Bertz CT molecular complexity index is 488. The SMILES string of the molecule is [B]c1cccc2c1CCC1(C2)NC(=O)OC1C. The second-order valence-corrected chi connectivity index (χ2v) is 4.99. The van der Waals surface area contributed by atoms with E-state index in [1.165, 1.54) is 11.1 Å². The molecule has 3 nitrogen and oxygen atoms in total. The fraction of sp³-hybridized carbons (Fsp3) is 0.462. The highest BCUT2D eigenvalue weighted by Crippen LogP contribution is 2.34. The van der Waals surface area contributed by atoms with Gasteiger partial charge in [-0.3, -0.25) is 0 Å². The van der Waals surface area contributed by atoms with Gasteiger partial charge in [-0.1, -0.05) is 29.2 Å². The first kappa shape index (κ1) is 10.7. The van der Waals surface area contributed by atoms with Crippen LogP contribution in [0.4, 0.5) is 4.79 Å². The molecule has 3 rings (SSSR count). The number of alkyl carbamates (subject to hydrolysis) is 1. The van der Waals surface area contributed by atoms with Crippen molar-refractivity contribution in [3.8, 4) is 0 Å². The van der Waals surface area contributed by atoms with Crippen molar-refractivity contribution in [2.45, 2.75) is 37.8 Å². The summed E-state index contributed by atoms with van der Waals surface area (Å²) in [6.07, 6.45) is 2.21. The van der Waals surface area contributed by atoms with E-state index in [0.29, 0.717) is 0 Å². The number of carbonyl (C=O) groups excluding carboxylic acids is 1. The second kappa shape index (κ2) is 3.52. The summed E-state index contributed by atoms with van der Waals surface area (Å²) in [6.45, 7) is 1.95. The molecule has 0 aromatic heterocycles. The summed E-state index contributed by atoms with van der Waals surface area (Å²) in [7, 11) is 5.97. The predicted octanol–water partition coefficient (Wildman–Crippen LogP) is 0.836. The highest BCUT2D eigenvalue weighted by atomic mass is 16.6. The van der Waals surface area contributed by atoms with E-state index < -0.39 is 0 Å². The normalized spacial score (nSPS) is 30.9. The molecular weight excluding hydrogens is 213 g/mol. The lowest BCUT2D eigenvalue weighted by molar-refractivity contribution is 0.115. The van der Waals surface area contributed by atoms with Crippen LogP contribution in [0.25, 0.3) is 0 Å². The van der Waals surface area contributed by atoms with Gasteiger partial charge in [0.25, 0.3) is 0 Å². The summed E-state index contributed by atoms with van der Waals surface area (Å²) in [5.41, 5.74) is 3.08. The minimum absolute atomic E-state index is 0.0791. The Balaban J connectivity index is 1.98. The van der Waals surface area contributed by atoms with Crippen LogP contribution in [0.3, 0.4) is 0 Å². The van der Waals surface area contributed by atoms with Crippen LogP contribution in [0.5, 0.6) is 0 Å². The lowest BCUT2D eigenvalue weighted by Crippen LogP contribution is -2.52. The summed E-state index contributed by atoms with van der Waals surface area (Å²) < 4.78 is 5.22. The molecule has 1 aromatic rings. The highest BCUT2D eigenvalue weighted by molar-refractivity contribution is 6.33. The third-order valence-electron chi connectivity index (χ3n) is 4.05. The van der Waals surface area contributed by atoms with Crippen molar-refractivity contribution >= 4 is 19.4 Å². The van der Waals surface area contributed by atoms with E-state index in [-0.39, 0.29) is 17.7 Å². The number of hydrogen-bond acceptors (Lipinski definition) is 2. The van der Waals surface area contributed by atoms with E-state index in [9.17, 15) is 4.79 Å². The van der Waals surface area contributed by atoms with Crippen LogP contribution in [0.2, 0.25) is 0 Å². The number of cyclic esters (lactones) is 1. The standard InChI is InChI=1S/C13H14BNO2/c1-8-13(15-12(16)17-8)6-5-10-9(7-13)3-2-4-11(10)14/h2-4,8H,5-7H2,1H3,(H,15,16). The highest BCUT2D eigenvalue weighted by Gasteiger charge is 2.47. The van der Waals surface area contributed by atoms with E-state index in [4.69, 9.17) is 12.6 Å². The van der Waals surface area contributed by atoms with Gasteiger partial charge in [0, 0.05) is 0 Å². The zero-order chi connectivity index (χ0) is 12.0. The number of benzene rings is 1. The Labute approximate surface area is 102 Å². The summed E-state index contributed by atoms with van der Waals surface area (Å²) >= 11 is 0. The van der Waals surface area contributed by atoms with Crippen LogP contribution in [0, 0.1) is 0 Å². The summed E-state index contributed by atoms with van der Waals surface area (Å²) in [5.74, 6) is 0. The zero-order valence-corrected chi connectivity index (χ0v) is 9.82. The van der Waals surface area contributed by atoms with Crippen molar-refractivity contribution < 1.29 is 9.53 Å². The van der Waals surface area contributed by atoms with Crippen molar-refractivity contribution in [2.24, 2.45) is 0 Å². The molecule has 2 atom stereocenters. The minimum atomic E-state index is -0.301. The number of carbonyl (C=O) groups is 1. The average molecular weight is 227 g/mol. The van der Waals surface area contributed by atoms with Gasteiger partial charge in [-0.05, 0) is 31.7 Å². The van der Waals surface area contributed by atoms with Crippen LogP contribution in [0.1, 0.15) is 24.5 Å². The van der Waals surface area contributed by atoms with Gasteiger partial charge in [0.1, 0.15) is 14.0 Å². The first-order valence-electron chi connectivity index (χ1n) is 5.96. The van der Waals surface area contributed by atoms with Gasteiger partial charge in [-0.15, -0.1) is 0 Å². The van der Waals surface area contributed by atoms with Crippen molar-refractivity contribution in [3.05, 3.63) is 29.3 Å². The number of rotatable bonds is 0. The van der Waals surface area contributed by atoms with Crippen LogP contribution >= 0.6 is 0 Å². The Morgan fingerprint density at radius 1 is 1.53 bits per heavy atom. The molecule has 1 spiro atoms. The monoisotopic (exact) mass is 227 g/mol. The number of hydrogen-bond donors (Lipinski definition) is 1. The Hall–Kier alpha value is -1.45. The fourth-order valence-electron chi connectivity index (χ4n) is 2.96. The van der Waals surface area contributed by atoms with Crippen LogP contribution < -0.4 is 10.8 Å². The maximum atomic E-state index is 11.3. The van der Waals surface area contributed by atoms with Gasteiger partial charge in [-0.25, -0.2) is 4.79 Å². The molecule has 1 saturated heterocycles. The fourth-order valence-corrected chi connectivity index (χ4v) is 2.96. The number of nitrogens with one attached hydrogen (secondary N) is 1. The maximum absolute atomic E-state index is 11.3. The van der Waals surface area contributed by atoms with Crippen molar-refractivity contribution in [3.63, 3.8) is 0 Å². The van der Waals surface area contributed by atoms with Crippen LogP contribution in [-0.2, 0) is 17.6 Å². The Morgan fingerprint density at radius 3 is 3.06 bits per heavy atom. The average Bonchev–Trinajstić information content (AvgIpc) is 2.53. The molecule has 86 valence electrons. The zero-order valence-electron chi connectivity index (χ0n) is 9.82. The van der Waals surface area contributed by atoms with Gasteiger partial charge in [-0.2, -0.15) is 0 Å². The minimum Gasteiger partial charge on any atom is -0.444 e. The second-order valence-electron chi connectivity index (χ2n) is 4.99. The molecule has 1 amide bonds. The first-order chi connectivity index (χ1) is 8.11.